The molecule has 1 amide bonds. The highest BCUT2D eigenvalue weighted by molar-refractivity contribution is 8.00. The number of thioether (sulfide) groups is 1. The van der Waals surface area contributed by atoms with Crippen LogP contribution in [0.4, 0.5) is 5.13 Å². The lowest BCUT2D eigenvalue weighted by Crippen LogP contribution is -2.22. The fourth-order valence-corrected chi connectivity index (χ4v) is 4.46. The van der Waals surface area contributed by atoms with Gasteiger partial charge >= 0.3 is 0 Å². The molecule has 0 aliphatic carbocycles. The van der Waals surface area contributed by atoms with Crippen LogP contribution in [-0.4, -0.2) is 26.1 Å². The Hall–Kier alpha value is -2.77. The summed E-state index contributed by atoms with van der Waals surface area (Å²) in [6.07, 6.45) is 0. The van der Waals surface area contributed by atoms with Crippen molar-refractivity contribution in [3.63, 3.8) is 0 Å². The fraction of sp³-hybridized carbons (Fsp3) is 0.143. The smallest absolute Gasteiger partial charge is 0.239 e. The van der Waals surface area contributed by atoms with Crippen LogP contribution in [0.5, 0.6) is 0 Å². The molecule has 0 spiro atoms. The van der Waals surface area contributed by atoms with Gasteiger partial charge in [-0.05, 0) is 19.9 Å². The molecule has 140 valence electrons. The van der Waals surface area contributed by atoms with E-state index in [0.29, 0.717) is 11.0 Å². The Morgan fingerprint density at radius 1 is 1.04 bits per heavy atom. The number of benzene rings is 2. The molecule has 0 bridgehead atoms. The van der Waals surface area contributed by atoms with Gasteiger partial charge in [-0.1, -0.05) is 60.3 Å². The van der Waals surface area contributed by atoms with Crippen LogP contribution in [0.15, 0.2) is 65.0 Å². The highest BCUT2D eigenvalue weighted by atomic mass is 32.2. The number of para-hydroxylation sites is 1. The van der Waals surface area contributed by atoms with Crippen LogP contribution >= 0.6 is 23.1 Å². The average Bonchev–Trinajstić information content (AvgIpc) is 3.17. The summed E-state index contributed by atoms with van der Waals surface area (Å²) in [6, 6.07) is 17.8. The zero-order chi connectivity index (χ0) is 19.5. The van der Waals surface area contributed by atoms with E-state index in [-0.39, 0.29) is 11.2 Å². The number of thiazole rings is 1. The maximum Gasteiger partial charge on any atom is 0.239 e. The SMILES string of the molecule is Cc1nc(S[C@@H](C)C(=O)Nc2nc(-c3ccccc3)cs2)c2ccccc2n1. The third-order valence-electron chi connectivity index (χ3n) is 4.14. The second-order valence-electron chi connectivity index (χ2n) is 6.25. The molecule has 1 N–H and O–H groups in total. The minimum atomic E-state index is -0.318. The van der Waals surface area contributed by atoms with Gasteiger partial charge in [0.05, 0.1) is 16.5 Å². The highest BCUT2D eigenvalue weighted by Crippen LogP contribution is 2.30. The van der Waals surface area contributed by atoms with Gasteiger partial charge in [-0.25, -0.2) is 15.0 Å². The van der Waals surface area contributed by atoms with Crippen molar-refractivity contribution in [1.29, 1.82) is 0 Å². The Bertz CT molecular complexity index is 1130. The first-order valence-corrected chi connectivity index (χ1v) is 10.6. The molecule has 0 saturated heterocycles. The van der Waals surface area contributed by atoms with E-state index < -0.39 is 0 Å². The number of nitrogens with zero attached hydrogens (tertiary/aromatic N) is 3. The molecule has 0 saturated carbocycles. The van der Waals surface area contributed by atoms with E-state index in [4.69, 9.17) is 0 Å². The molecule has 0 aliphatic rings. The molecule has 1 atom stereocenters. The fourth-order valence-electron chi connectivity index (χ4n) is 2.75. The summed E-state index contributed by atoms with van der Waals surface area (Å²) in [5, 5.41) is 6.92. The highest BCUT2D eigenvalue weighted by Gasteiger charge is 2.19. The molecule has 7 heteroatoms. The molecule has 4 rings (SSSR count). The third-order valence-corrected chi connectivity index (χ3v) is 6.00. The van der Waals surface area contributed by atoms with E-state index >= 15 is 0 Å². The minimum Gasteiger partial charge on any atom is -0.301 e. The number of aromatic nitrogens is 3. The van der Waals surface area contributed by atoms with Crippen molar-refractivity contribution in [2.45, 2.75) is 24.1 Å². The molecular weight excluding hydrogens is 388 g/mol. The van der Waals surface area contributed by atoms with Gasteiger partial charge in [0.1, 0.15) is 10.9 Å². The van der Waals surface area contributed by atoms with Crippen LogP contribution in [0.2, 0.25) is 0 Å². The van der Waals surface area contributed by atoms with Gasteiger partial charge in [-0.2, -0.15) is 0 Å². The second kappa shape index (κ2) is 8.08. The number of aryl methyl sites for hydroxylation is 1. The molecule has 2 heterocycles. The van der Waals surface area contributed by atoms with Crippen LogP contribution in [0, 0.1) is 6.92 Å². The zero-order valence-corrected chi connectivity index (χ0v) is 17.1. The summed E-state index contributed by atoms with van der Waals surface area (Å²) < 4.78 is 0. The van der Waals surface area contributed by atoms with Crippen molar-refractivity contribution in [2.24, 2.45) is 0 Å². The summed E-state index contributed by atoms with van der Waals surface area (Å²) in [7, 11) is 0. The van der Waals surface area contributed by atoms with E-state index in [1.807, 2.05) is 73.8 Å². The van der Waals surface area contributed by atoms with E-state index in [1.165, 1.54) is 23.1 Å². The van der Waals surface area contributed by atoms with Crippen LogP contribution in [0.25, 0.3) is 22.2 Å². The average molecular weight is 407 g/mol. The zero-order valence-electron chi connectivity index (χ0n) is 15.4. The number of hydrogen-bond donors (Lipinski definition) is 1. The van der Waals surface area contributed by atoms with Gasteiger partial charge in [0.2, 0.25) is 5.91 Å². The van der Waals surface area contributed by atoms with E-state index in [2.05, 4.69) is 20.3 Å². The predicted octanol–water partition coefficient (Wildman–Crippen LogP) is 5.18. The normalized spacial score (nSPS) is 12.1. The maximum atomic E-state index is 12.7. The van der Waals surface area contributed by atoms with Gasteiger partial charge in [-0.15, -0.1) is 11.3 Å². The molecule has 28 heavy (non-hydrogen) atoms. The Kier molecular flexibility index (Phi) is 5.36. The van der Waals surface area contributed by atoms with Gasteiger partial charge in [0, 0.05) is 16.3 Å². The third kappa shape index (κ3) is 4.05. The van der Waals surface area contributed by atoms with Crippen LogP contribution in [0.1, 0.15) is 12.7 Å². The molecular formula is C21H18N4OS2. The number of anilines is 1. The Morgan fingerprint density at radius 2 is 1.79 bits per heavy atom. The van der Waals surface area contributed by atoms with Gasteiger partial charge in [0.25, 0.3) is 0 Å². The van der Waals surface area contributed by atoms with Crippen molar-refractivity contribution in [1.82, 2.24) is 15.0 Å². The molecule has 4 aromatic rings. The molecule has 0 radical (unpaired) electrons. The van der Waals surface area contributed by atoms with E-state index in [9.17, 15) is 4.79 Å². The lowest BCUT2D eigenvalue weighted by atomic mass is 10.2. The van der Waals surface area contributed by atoms with Crippen molar-refractivity contribution in [3.05, 3.63) is 65.8 Å². The quantitative estimate of drug-likeness (QED) is 0.365. The number of nitrogens with one attached hydrogen (secondary N) is 1. The molecule has 0 fully saturated rings. The van der Waals surface area contributed by atoms with Gasteiger partial charge < -0.3 is 5.32 Å². The number of carbonyl (C=O) groups excluding carboxylic acids is 1. The van der Waals surface area contributed by atoms with Crippen molar-refractivity contribution in [3.8, 4) is 11.3 Å². The lowest BCUT2D eigenvalue weighted by molar-refractivity contribution is -0.115. The van der Waals surface area contributed by atoms with Crippen LogP contribution in [0.3, 0.4) is 0 Å². The summed E-state index contributed by atoms with van der Waals surface area (Å²) in [5.74, 6) is 0.598. The topological polar surface area (TPSA) is 67.8 Å². The van der Waals surface area contributed by atoms with E-state index in [0.717, 1.165) is 27.2 Å². The Morgan fingerprint density at radius 3 is 2.61 bits per heavy atom. The monoisotopic (exact) mass is 406 g/mol. The first-order chi connectivity index (χ1) is 13.6. The summed E-state index contributed by atoms with van der Waals surface area (Å²) >= 11 is 2.85. The molecule has 2 aromatic carbocycles. The predicted molar refractivity (Wildman–Crippen MR) is 116 cm³/mol. The number of carbonyl (C=O) groups is 1. The number of amides is 1. The maximum absolute atomic E-state index is 12.7. The largest absolute Gasteiger partial charge is 0.301 e. The summed E-state index contributed by atoms with van der Waals surface area (Å²) in [5.41, 5.74) is 2.78. The summed E-state index contributed by atoms with van der Waals surface area (Å²) in [6.45, 7) is 3.74. The number of rotatable bonds is 5. The van der Waals surface area contributed by atoms with E-state index in [1.54, 1.807) is 0 Å². The standard InChI is InChI=1S/C21H18N4OS2/c1-13(28-20-16-10-6-7-11-17(16)22-14(2)23-20)19(26)25-21-24-18(12-27-21)15-8-4-3-5-9-15/h3-13H,1-2H3,(H,24,25,26)/t13-/m0/s1. The summed E-state index contributed by atoms with van der Waals surface area (Å²) in [4.78, 5) is 26.2. The molecule has 0 aliphatic heterocycles. The molecule has 0 unspecified atom stereocenters. The van der Waals surface area contributed by atoms with Crippen molar-refractivity contribution >= 4 is 45.0 Å². The first-order valence-electron chi connectivity index (χ1n) is 8.82. The number of fused-ring (bicyclic) bond motifs is 1. The second-order valence-corrected chi connectivity index (χ2v) is 8.43. The first kappa shape index (κ1) is 18.6. The Balaban J connectivity index is 1.48. The number of hydrogen-bond acceptors (Lipinski definition) is 6. The van der Waals surface area contributed by atoms with Gasteiger partial charge in [0.15, 0.2) is 5.13 Å². The molecule has 5 nitrogen and oxygen atoms in total. The van der Waals surface area contributed by atoms with Gasteiger partial charge in [-0.3, -0.25) is 4.79 Å². The lowest BCUT2D eigenvalue weighted by Gasteiger charge is -2.12. The van der Waals surface area contributed by atoms with Crippen molar-refractivity contribution < 1.29 is 4.79 Å². The van der Waals surface area contributed by atoms with Crippen LogP contribution in [-0.2, 0) is 4.79 Å². The van der Waals surface area contributed by atoms with Crippen LogP contribution < -0.4 is 5.32 Å². The molecule has 2 aromatic heterocycles. The van der Waals surface area contributed by atoms with Crippen molar-refractivity contribution in [2.75, 3.05) is 5.32 Å². The Labute approximate surface area is 171 Å². The minimum absolute atomic E-state index is 0.0979.